The maximum Gasteiger partial charge on any atom is 0.354 e. The van der Waals surface area contributed by atoms with Gasteiger partial charge in [0.25, 0.3) is 15.9 Å². The first-order valence-electron chi connectivity index (χ1n) is 11.2. The van der Waals surface area contributed by atoms with E-state index in [2.05, 4.69) is 31.2 Å². The van der Waals surface area contributed by atoms with Crippen molar-refractivity contribution < 1.29 is 32.5 Å². The first-order valence-corrected chi connectivity index (χ1v) is 12.7. The summed E-state index contributed by atoms with van der Waals surface area (Å²) < 4.78 is 45.8. The van der Waals surface area contributed by atoms with Crippen LogP contribution in [0.5, 0.6) is 23.1 Å². The highest BCUT2D eigenvalue weighted by atomic mass is 32.2. The smallest absolute Gasteiger partial charge is 0.354 e. The third-order valence-electron chi connectivity index (χ3n) is 5.28. The molecular weight excluding hydrogens is 526 g/mol. The Labute approximate surface area is 224 Å². The molecule has 0 radical (unpaired) electrons. The zero-order valence-corrected chi connectivity index (χ0v) is 21.9. The lowest BCUT2D eigenvalue weighted by molar-refractivity contribution is 0.0690. The molecule has 0 aliphatic carbocycles. The standard InChI is InChI=1S/C26H23N5O7S/c1-15(2)17-9-10-21(28-14-17)39(34,35)31-24-22(38-20-8-6-5-7-19(20)36-3)25(37-4)30-23(29-24)16-11-12-27-18(13-16)26(32)33/h5-14H,1H2,2-4H3,(H,32,33)(H,29,30,31). The molecule has 0 fully saturated rings. The van der Waals surface area contributed by atoms with Gasteiger partial charge in [-0.2, -0.15) is 13.4 Å². The van der Waals surface area contributed by atoms with Crippen LogP contribution in [0.2, 0.25) is 0 Å². The van der Waals surface area contributed by atoms with Crippen LogP contribution in [-0.4, -0.2) is 53.6 Å². The van der Waals surface area contributed by atoms with Crippen molar-refractivity contribution in [1.82, 2.24) is 19.9 Å². The minimum atomic E-state index is -4.29. The summed E-state index contributed by atoms with van der Waals surface area (Å²) in [5, 5.41) is 9.05. The van der Waals surface area contributed by atoms with Crippen LogP contribution in [0.4, 0.5) is 5.82 Å². The number of rotatable bonds is 10. The van der Waals surface area contributed by atoms with E-state index in [1.165, 1.54) is 44.8 Å². The number of hydrogen-bond acceptors (Lipinski definition) is 10. The van der Waals surface area contributed by atoms with Crippen LogP contribution in [-0.2, 0) is 10.0 Å². The van der Waals surface area contributed by atoms with Gasteiger partial charge in [0.15, 0.2) is 28.2 Å². The summed E-state index contributed by atoms with van der Waals surface area (Å²) in [7, 11) is -1.52. The van der Waals surface area contributed by atoms with Crippen molar-refractivity contribution in [2.24, 2.45) is 0 Å². The fourth-order valence-electron chi connectivity index (χ4n) is 3.33. The zero-order valence-electron chi connectivity index (χ0n) is 21.1. The van der Waals surface area contributed by atoms with Crippen molar-refractivity contribution in [2.45, 2.75) is 11.9 Å². The van der Waals surface area contributed by atoms with Gasteiger partial charge in [0.05, 0.1) is 14.2 Å². The van der Waals surface area contributed by atoms with Gasteiger partial charge in [-0.05, 0) is 48.4 Å². The quantitative estimate of drug-likeness (QED) is 0.290. The van der Waals surface area contributed by atoms with Crippen LogP contribution in [0, 0.1) is 0 Å². The first-order chi connectivity index (χ1) is 18.6. The summed E-state index contributed by atoms with van der Waals surface area (Å²) in [6.45, 7) is 5.59. The highest BCUT2D eigenvalue weighted by molar-refractivity contribution is 7.92. The van der Waals surface area contributed by atoms with E-state index >= 15 is 0 Å². The molecule has 1 aromatic carbocycles. The van der Waals surface area contributed by atoms with E-state index in [4.69, 9.17) is 14.2 Å². The second-order valence-electron chi connectivity index (χ2n) is 7.99. The number of hydrogen-bond donors (Lipinski definition) is 2. The molecule has 0 bridgehead atoms. The lowest BCUT2D eigenvalue weighted by Crippen LogP contribution is -2.17. The number of sulfonamides is 1. The predicted molar refractivity (Wildman–Crippen MR) is 142 cm³/mol. The fourth-order valence-corrected chi connectivity index (χ4v) is 4.27. The predicted octanol–water partition coefficient (Wildman–Crippen LogP) is 4.28. The molecule has 4 aromatic rings. The van der Waals surface area contributed by atoms with Crippen molar-refractivity contribution >= 4 is 27.4 Å². The lowest BCUT2D eigenvalue weighted by Gasteiger charge is -2.17. The molecule has 4 rings (SSSR count). The van der Waals surface area contributed by atoms with E-state index in [0.29, 0.717) is 11.3 Å². The maximum absolute atomic E-state index is 13.3. The van der Waals surface area contributed by atoms with Crippen LogP contribution in [0.1, 0.15) is 23.0 Å². The van der Waals surface area contributed by atoms with Gasteiger partial charge in [0, 0.05) is 18.0 Å². The minimum Gasteiger partial charge on any atom is -0.493 e. The Morgan fingerprint density at radius 1 is 1.00 bits per heavy atom. The van der Waals surface area contributed by atoms with Gasteiger partial charge in [-0.3, -0.25) is 4.72 Å². The third kappa shape index (κ3) is 5.93. The molecule has 0 saturated heterocycles. The molecule has 0 aliphatic heterocycles. The molecule has 0 aliphatic rings. The van der Waals surface area contributed by atoms with E-state index in [9.17, 15) is 18.3 Å². The van der Waals surface area contributed by atoms with Gasteiger partial charge in [0.1, 0.15) is 5.69 Å². The highest BCUT2D eigenvalue weighted by Crippen LogP contribution is 2.41. The number of aromatic nitrogens is 4. The molecule has 13 heteroatoms. The van der Waals surface area contributed by atoms with E-state index < -0.39 is 16.0 Å². The van der Waals surface area contributed by atoms with Crippen molar-refractivity contribution in [3.05, 3.63) is 78.8 Å². The number of carboxylic acids is 1. The molecule has 39 heavy (non-hydrogen) atoms. The summed E-state index contributed by atoms with van der Waals surface area (Å²) in [6, 6.07) is 12.3. The SMILES string of the molecule is C=C(C)c1ccc(S(=O)(=O)Nc2nc(-c3ccnc(C(=O)O)c3)nc(OC)c2Oc2ccccc2OC)nc1. The van der Waals surface area contributed by atoms with Crippen molar-refractivity contribution in [1.29, 1.82) is 0 Å². The molecule has 3 heterocycles. The van der Waals surface area contributed by atoms with E-state index in [-0.39, 0.29) is 45.3 Å². The molecular formula is C26H23N5O7S. The Morgan fingerprint density at radius 3 is 2.36 bits per heavy atom. The molecule has 0 amide bonds. The minimum absolute atomic E-state index is 0.0487. The number of aromatic carboxylic acids is 1. The van der Waals surface area contributed by atoms with Crippen LogP contribution in [0.25, 0.3) is 17.0 Å². The Morgan fingerprint density at radius 2 is 1.74 bits per heavy atom. The Balaban J connectivity index is 1.87. The average Bonchev–Trinajstić information content (AvgIpc) is 2.94. The number of carbonyl (C=O) groups is 1. The molecule has 0 saturated carbocycles. The summed E-state index contributed by atoms with van der Waals surface area (Å²) in [5.41, 5.74) is 1.38. The van der Waals surface area contributed by atoms with E-state index in [0.717, 1.165) is 5.57 Å². The Bertz CT molecular complexity index is 1660. The number of nitrogens with zero attached hydrogens (tertiary/aromatic N) is 4. The van der Waals surface area contributed by atoms with Crippen molar-refractivity contribution in [2.75, 3.05) is 18.9 Å². The number of benzene rings is 1. The molecule has 0 unspecified atom stereocenters. The topological polar surface area (TPSA) is 163 Å². The molecule has 3 aromatic heterocycles. The van der Waals surface area contributed by atoms with Crippen LogP contribution in [0.3, 0.4) is 0 Å². The third-order valence-corrected chi connectivity index (χ3v) is 6.54. The number of methoxy groups -OCH3 is 2. The summed E-state index contributed by atoms with van der Waals surface area (Å²) in [4.78, 5) is 27.9. The summed E-state index contributed by atoms with van der Waals surface area (Å²) in [6.07, 6.45) is 2.66. The van der Waals surface area contributed by atoms with Gasteiger partial charge in [0.2, 0.25) is 5.75 Å². The lowest BCUT2D eigenvalue weighted by atomic mass is 10.2. The van der Waals surface area contributed by atoms with Crippen molar-refractivity contribution in [3.8, 4) is 34.5 Å². The summed E-state index contributed by atoms with van der Waals surface area (Å²) >= 11 is 0. The largest absolute Gasteiger partial charge is 0.493 e. The number of ether oxygens (including phenoxy) is 3. The van der Waals surface area contributed by atoms with Gasteiger partial charge >= 0.3 is 5.97 Å². The highest BCUT2D eigenvalue weighted by Gasteiger charge is 2.26. The number of para-hydroxylation sites is 2. The maximum atomic E-state index is 13.3. The number of nitrogens with one attached hydrogen (secondary N) is 1. The Kier molecular flexibility index (Phi) is 7.72. The van der Waals surface area contributed by atoms with Crippen LogP contribution in [0.15, 0.2) is 72.5 Å². The molecule has 200 valence electrons. The van der Waals surface area contributed by atoms with Crippen molar-refractivity contribution in [3.63, 3.8) is 0 Å². The van der Waals surface area contributed by atoms with Gasteiger partial charge in [-0.1, -0.05) is 24.8 Å². The monoisotopic (exact) mass is 549 g/mol. The average molecular weight is 550 g/mol. The fraction of sp³-hybridized carbons (Fsp3) is 0.115. The molecule has 12 nitrogen and oxygen atoms in total. The number of anilines is 1. The number of allylic oxidation sites excluding steroid dienone is 1. The molecule has 0 spiro atoms. The van der Waals surface area contributed by atoms with Gasteiger partial charge in [-0.25, -0.2) is 19.7 Å². The first kappa shape index (κ1) is 27.0. The van der Waals surface area contributed by atoms with Gasteiger partial charge < -0.3 is 19.3 Å². The molecule has 2 N–H and O–H groups in total. The van der Waals surface area contributed by atoms with E-state index in [1.54, 1.807) is 37.3 Å². The van der Waals surface area contributed by atoms with Crippen LogP contribution >= 0.6 is 0 Å². The van der Waals surface area contributed by atoms with Gasteiger partial charge in [-0.15, -0.1) is 0 Å². The normalized spacial score (nSPS) is 10.9. The summed E-state index contributed by atoms with van der Waals surface area (Å²) in [5.74, 6) is -1.31. The second kappa shape index (κ2) is 11.1. The van der Waals surface area contributed by atoms with E-state index in [1.807, 2.05) is 0 Å². The Hall–Kier alpha value is -5.04. The number of carboxylic acid groups (broad SMARTS) is 1. The zero-order chi connectivity index (χ0) is 28.2. The van der Waals surface area contributed by atoms with Crippen LogP contribution < -0.4 is 18.9 Å². The number of pyridine rings is 2. The second-order valence-corrected chi connectivity index (χ2v) is 9.62. The molecule has 0 atom stereocenters.